The van der Waals surface area contributed by atoms with Crippen LogP contribution in [0, 0.1) is 5.92 Å². The summed E-state index contributed by atoms with van der Waals surface area (Å²) in [6.07, 6.45) is 6.06. The van der Waals surface area contributed by atoms with Crippen LogP contribution < -0.4 is 5.73 Å². The fraction of sp³-hybridized carbons (Fsp3) is 1.00. The largest absolute Gasteiger partial charge is 0.379 e. The van der Waals surface area contributed by atoms with Crippen molar-refractivity contribution < 1.29 is 9.47 Å². The van der Waals surface area contributed by atoms with E-state index in [0.717, 1.165) is 45.0 Å². The van der Waals surface area contributed by atoms with Crippen LogP contribution in [0.15, 0.2) is 0 Å². The van der Waals surface area contributed by atoms with Crippen LogP contribution in [-0.4, -0.2) is 32.0 Å². The molecule has 1 rings (SSSR count). The molecule has 1 aliphatic rings. The van der Waals surface area contributed by atoms with Gasteiger partial charge in [-0.05, 0) is 38.0 Å². The third kappa shape index (κ3) is 6.46. The SMILES string of the molecule is CC(C)CCOCCOC1CCCC(N)C1. The maximum absolute atomic E-state index is 5.90. The fourth-order valence-corrected chi connectivity index (χ4v) is 2.03. The standard InChI is InChI=1S/C13H27NO2/c1-11(2)6-7-15-8-9-16-13-5-3-4-12(14)10-13/h11-13H,3-10,14H2,1-2H3. The van der Waals surface area contributed by atoms with E-state index in [1.807, 2.05) is 0 Å². The van der Waals surface area contributed by atoms with Gasteiger partial charge in [-0.3, -0.25) is 0 Å². The number of hydrogen-bond donors (Lipinski definition) is 1. The number of rotatable bonds is 7. The molecule has 0 heterocycles. The monoisotopic (exact) mass is 229 g/mol. The molecule has 0 bridgehead atoms. The average molecular weight is 229 g/mol. The Balaban J connectivity index is 1.90. The zero-order valence-corrected chi connectivity index (χ0v) is 10.8. The lowest BCUT2D eigenvalue weighted by Gasteiger charge is -2.26. The van der Waals surface area contributed by atoms with Gasteiger partial charge in [0.05, 0.1) is 19.3 Å². The molecule has 0 amide bonds. The lowest BCUT2D eigenvalue weighted by molar-refractivity contribution is -0.0144. The van der Waals surface area contributed by atoms with Crippen LogP contribution in [0.2, 0.25) is 0 Å². The summed E-state index contributed by atoms with van der Waals surface area (Å²) in [7, 11) is 0. The zero-order valence-electron chi connectivity index (χ0n) is 10.8. The Kier molecular flexibility index (Phi) is 7.01. The van der Waals surface area contributed by atoms with Gasteiger partial charge in [0.2, 0.25) is 0 Å². The Bertz CT molecular complexity index is 173. The van der Waals surface area contributed by atoms with E-state index in [2.05, 4.69) is 13.8 Å². The predicted molar refractivity (Wildman–Crippen MR) is 66.5 cm³/mol. The molecule has 2 N–H and O–H groups in total. The molecular formula is C13H27NO2. The Labute approximate surface area is 99.7 Å². The zero-order chi connectivity index (χ0) is 11.8. The van der Waals surface area contributed by atoms with Crippen molar-refractivity contribution in [1.29, 1.82) is 0 Å². The summed E-state index contributed by atoms with van der Waals surface area (Å²) in [4.78, 5) is 0. The van der Waals surface area contributed by atoms with Crippen LogP contribution in [0.4, 0.5) is 0 Å². The Hall–Kier alpha value is -0.120. The maximum atomic E-state index is 5.90. The first-order valence-corrected chi connectivity index (χ1v) is 6.63. The lowest BCUT2D eigenvalue weighted by Crippen LogP contribution is -2.32. The molecule has 0 saturated heterocycles. The van der Waals surface area contributed by atoms with Crippen LogP contribution in [-0.2, 0) is 9.47 Å². The first-order valence-electron chi connectivity index (χ1n) is 6.63. The van der Waals surface area contributed by atoms with Crippen LogP contribution >= 0.6 is 0 Å². The van der Waals surface area contributed by atoms with Gasteiger partial charge in [0.1, 0.15) is 0 Å². The highest BCUT2D eigenvalue weighted by Gasteiger charge is 2.19. The Morgan fingerprint density at radius 1 is 1.19 bits per heavy atom. The van der Waals surface area contributed by atoms with E-state index < -0.39 is 0 Å². The second-order valence-corrected chi connectivity index (χ2v) is 5.21. The van der Waals surface area contributed by atoms with Crippen molar-refractivity contribution in [2.75, 3.05) is 19.8 Å². The van der Waals surface area contributed by atoms with Crippen molar-refractivity contribution in [3.8, 4) is 0 Å². The smallest absolute Gasteiger partial charge is 0.0704 e. The molecule has 0 aromatic carbocycles. The minimum atomic E-state index is 0.348. The normalized spacial score (nSPS) is 26.2. The van der Waals surface area contributed by atoms with Gasteiger partial charge in [-0.1, -0.05) is 13.8 Å². The average Bonchev–Trinajstić information content (AvgIpc) is 2.23. The summed E-state index contributed by atoms with van der Waals surface area (Å²) in [5.74, 6) is 0.720. The first-order chi connectivity index (χ1) is 7.68. The molecule has 3 heteroatoms. The van der Waals surface area contributed by atoms with Gasteiger partial charge in [0.15, 0.2) is 0 Å². The third-order valence-corrected chi connectivity index (χ3v) is 3.09. The number of ether oxygens (including phenoxy) is 2. The highest BCUT2D eigenvalue weighted by atomic mass is 16.5. The molecule has 16 heavy (non-hydrogen) atoms. The quantitative estimate of drug-likeness (QED) is 0.681. The molecule has 1 aliphatic carbocycles. The van der Waals surface area contributed by atoms with E-state index in [0.29, 0.717) is 12.1 Å². The van der Waals surface area contributed by atoms with Gasteiger partial charge in [-0.25, -0.2) is 0 Å². The molecule has 96 valence electrons. The van der Waals surface area contributed by atoms with E-state index in [1.165, 1.54) is 12.8 Å². The molecule has 1 fully saturated rings. The molecule has 0 aromatic rings. The Morgan fingerprint density at radius 2 is 2.00 bits per heavy atom. The van der Waals surface area contributed by atoms with Crippen LogP contribution in [0.3, 0.4) is 0 Å². The molecule has 1 saturated carbocycles. The number of nitrogens with two attached hydrogens (primary N) is 1. The van der Waals surface area contributed by atoms with E-state index in [1.54, 1.807) is 0 Å². The van der Waals surface area contributed by atoms with Gasteiger partial charge >= 0.3 is 0 Å². The molecule has 0 spiro atoms. The summed E-state index contributed by atoms with van der Waals surface area (Å²) < 4.78 is 11.3. The Morgan fingerprint density at radius 3 is 2.69 bits per heavy atom. The van der Waals surface area contributed by atoms with Gasteiger partial charge in [0.25, 0.3) is 0 Å². The van der Waals surface area contributed by atoms with Crippen molar-refractivity contribution >= 4 is 0 Å². The molecule has 0 aromatic heterocycles. The second-order valence-electron chi connectivity index (χ2n) is 5.21. The van der Waals surface area contributed by atoms with Crippen molar-refractivity contribution in [3.05, 3.63) is 0 Å². The van der Waals surface area contributed by atoms with Crippen molar-refractivity contribution in [2.45, 2.75) is 58.1 Å². The molecule has 3 nitrogen and oxygen atoms in total. The highest BCUT2D eigenvalue weighted by molar-refractivity contribution is 4.75. The predicted octanol–water partition coefficient (Wildman–Crippen LogP) is 2.34. The molecule has 2 atom stereocenters. The van der Waals surface area contributed by atoms with Crippen molar-refractivity contribution in [3.63, 3.8) is 0 Å². The third-order valence-electron chi connectivity index (χ3n) is 3.09. The minimum absolute atomic E-state index is 0.348. The summed E-state index contributed by atoms with van der Waals surface area (Å²) in [6.45, 7) is 6.71. The van der Waals surface area contributed by atoms with Crippen LogP contribution in [0.1, 0.15) is 46.0 Å². The topological polar surface area (TPSA) is 44.5 Å². The minimum Gasteiger partial charge on any atom is -0.379 e. The molecule has 2 unspecified atom stereocenters. The van der Waals surface area contributed by atoms with Crippen molar-refractivity contribution in [2.24, 2.45) is 11.7 Å². The van der Waals surface area contributed by atoms with Gasteiger partial charge in [-0.15, -0.1) is 0 Å². The van der Waals surface area contributed by atoms with Crippen LogP contribution in [0.25, 0.3) is 0 Å². The molecular weight excluding hydrogens is 202 g/mol. The summed E-state index contributed by atoms with van der Waals surface area (Å²) in [6, 6.07) is 0.348. The summed E-state index contributed by atoms with van der Waals surface area (Å²) in [5.41, 5.74) is 5.90. The number of hydrogen-bond acceptors (Lipinski definition) is 3. The second kappa shape index (κ2) is 8.04. The first kappa shape index (κ1) is 13.9. The summed E-state index contributed by atoms with van der Waals surface area (Å²) >= 11 is 0. The fourth-order valence-electron chi connectivity index (χ4n) is 2.03. The highest BCUT2D eigenvalue weighted by Crippen LogP contribution is 2.19. The summed E-state index contributed by atoms with van der Waals surface area (Å²) in [5, 5.41) is 0. The van der Waals surface area contributed by atoms with Gasteiger partial charge in [-0.2, -0.15) is 0 Å². The molecule has 0 radical (unpaired) electrons. The van der Waals surface area contributed by atoms with Crippen molar-refractivity contribution in [1.82, 2.24) is 0 Å². The van der Waals surface area contributed by atoms with E-state index in [4.69, 9.17) is 15.2 Å². The molecule has 0 aliphatic heterocycles. The van der Waals surface area contributed by atoms with E-state index in [9.17, 15) is 0 Å². The maximum Gasteiger partial charge on any atom is 0.0704 e. The van der Waals surface area contributed by atoms with Gasteiger partial charge in [0, 0.05) is 12.6 Å². The van der Waals surface area contributed by atoms with E-state index in [-0.39, 0.29) is 0 Å². The van der Waals surface area contributed by atoms with Crippen LogP contribution in [0.5, 0.6) is 0 Å². The van der Waals surface area contributed by atoms with E-state index >= 15 is 0 Å². The lowest BCUT2D eigenvalue weighted by atomic mass is 9.94. The van der Waals surface area contributed by atoms with Gasteiger partial charge < -0.3 is 15.2 Å².